The first-order chi connectivity index (χ1) is 20.9. The Morgan fingerprint density at radius 1 is 0.381 bits per heavy atom. The second-order valence-corrected chi connectivity index (χ2v) is 11.2. The summed E-state index contributed by atoms with van der Waals surface area (Å²) in [6.45, 7) is 0. The fraction of sp³-hybridized carbons (Fsp3) is 0. The van der Waals surface area contributed by atoms with E-state index < -0.39 is 0 Å². The number of benzene rings is 6. The van der Waals surface area contributed by atoms with E-state index in [9.17, 15) is 0 Å². The van der Waals surface area contributed by atoms with Gasteiger partial charge in [-0.1, -0.05) is 121 Å². The van der Waals surface area contributed by atoms with Gasteiger partial charge in [-0.15, -0.1) is 0 Å². The molecule has 194 valence electrons. The van der Waals surface area contributed by atoms with Gasteiger partial charge in [-0.2, -0.15) is 0 Å². The Labute approximate surface area is 240 Å². The van der Waals surface area contributed by atoms with Crippen LogP contribution < -0.4 is 0 Å². The Morgan fingerprint density at radius 3 is 1.40 bits per heavy atom. The summed E-state index contributed by atoms with van der Waals surface area (Å²) in [5, 5.41) is 7.71. The molecule has 3 heteroatoms. The molecule has 0 spiro atoms. The Hall–Kier alpha value is -5.67. The van der Waals surface area contributed by atoms with Crippen molar-refractivity contribution in [3.8, 4) is 22.3 Å². The van der Waals surface area contributed by atoms with Gasteiger partial charge in [0.25, 0.3) is 0 Å². The number of rotatable bonds is 2. The van der Waals surface area contributed by atoms with Crippen molar-refractivity contribution in [3.05, 3.63) is 140 Å². The van der Waals surface area contributed by atoms with Crippen molar-refractivity contribution < 1.29 is 0 Å². The van der Waals surface area contributed by atoms with Crippen molar-refractivity contribution in [1.82, 2.24) is 13.8 Å². The van der Waals surface area contributed by atoms with Crippen molar-refractivity contribution in [2.75, 3.05) is 0 Å². The van der Waals surface area contributed by atoms with Crippen LogP contribution in [0, 0.1) is 0 Å². The Bertz CT molecular complexity index is 2470. The number of aromatic nitrogens is 3. The van der Waals surface area contributed by atoms with Gasteiger partial charge in [0.1, 0.15) is 0 Å². The second-order valence-electron chi connectivity index (χ2n) is 11.2. The summed E-state index contributed by atoms with van der Waals surface area (Å²) in [6, 6.07) is 46.2. The maximum Gasteiger partial charge on any atom is 0.0889 e. The van der Waals surface area contributed by atoms with E-state index >= 15 is 0 Å². The molecule has 0 aliphatic heterocycles. The largest absolute Gasteiger partial charge is 0.304 e. The molecule has 42 heavy (non-hydrogen) atoms. The fourth-order valence-corrected chi connectivity index (χ4v) is 7.51. The van der Waals surface area contributed by atoms with Gasteiger partial charge < -0.3 is 8.80 Å². The molecule has 0 saturated heterocycles. The average Bonchev–Trinajstić information content (AvgIpc) is 3.60. The van der Waals surface area contributed by atoms with E-state index in [2.05, 4.69) is 141 Å². The molecule has 6 aromatic carbocycles. The Kier molecular flexibility index (Phi) is 4.18. The van der Waals surface area contributed by atoms with E-state index in [1.165, 1.54) is 76.6 Å². The first kappa shape index (κ1) is 22.1. The SMILES string of the molecule is c1ccc(-c2cccc3c4c5ccccc5c5c6cccc(-c7ccccc7)c6n6c7cnccc7n(c23)c4c56)cc1. The molecule has 0 aliphatic rings. The number of para-hydroxylation sites is 2. The van der Waals surface area contributed by atoms with Crippen molar-refractivity contribution in [2.24, 2.45) is 0 Å². The van der Waals surface area contributed by atoms with E-state index in [0.717, 1.165) is 11.0 Å². The zero-order valence-electron chi connectivity index (χ0n) is 22.6. The summed E-state index contributed by atoms with van der Waals surface area (Å²) < 4.78 is 5.00. The van der Waals surface area contributed by atoms with Crippen molar-refractivity contribution >= 4 is 65.4 Å². The zero-order valence-corrected chi connectivity index (χ0v) is 22.6. The predicted octanol–water partition coefficient (Wildman–Crippen LogP) is 10.1. The van der Waals surface area contributed by atoms with Crippen LogP contribution in [0.5, 0.6) is 0 Å². The molecule has 0 aliphatic carbocycles. The molecular weight excluding hydrogens is 510 g/mol. The van der Waals surface area contributed by atoms with E-state index in [1.54, 1.807) is 0 Å². The first-order valence-corrected chi connectivity index (χ1v) is 14.4. The lowest BCUT2D eigenvalue weighted by atomic mass is 9.96. The van der Waals surface area contributed by atoms with Gasteiger partial charge in [0.15, 0.2) is 0 Å². The minimum absolute atomic E-state index is 1.10. The number of pyridine rings is 1. The molecule has 4 aromatic heterocycles. The highest BCUT2D eigenvalue weighted by atomic mass is 15.0. The summed E-state index contributed by atoms with van der Waals surface area (Å²) in [5.74, 6) is 0. The van der Waals surface area contributed by atoms with Crippen molar-refractivity contribution in [2.45, 2.75) is 0 Å². The lowest BCUT2D eigenvalue weighted by Crippen LogP contribution is -1.99. The molecule has 0 unspecified atom stereocenters. The molecule has 0 bridgehead atoms. The fourth-order valence-electron chi connectivity index (χ4n) is 7.51. The zero-order chi connectivity index (χ0) is 27.4. The van der Waals surface area contributed by atoms with Crippen LogP contribution in [0.4, 0.5) is 0 Å². The quantitative estimate of drug-likeness (QED) is 0.203. The smallest absolute Gasteiger partial charge is 0.0889 e. The van der Waals surface area contributed by atoms with Crippen LogP contribution in [0.15, 0.2) is 140 Å². The third-order valence-corrected chi connectivity index (χ3v) is 9.10. The molecule has 0 N–H and O–H groups in total. The van der Waals surface area contributed by atoms with Crippen LogP contribution in [0.25, 0.3) is 87.7 Å². The molecule has 0 atom stereocenters. The number of hydrogen-bond donors (Lipinski definition) is 0. The van der Waals surface area contributed by atoms with Crippen LogP contribution in [-0.2, 0) is 0 Å². The van der Waals surface area contributed by atoms with E-state index in [-0.39, 0.29) is 0 Å². The third-order valence-electron chi connectivity index (χ3n) is 9.10. The highest BCUT2D eigenvalue weighted by Crippen LogP contribution is 2.49. The number of fused-ring (bicyclic) bond motifs is 12. The molecule has 10 aromatic rings. The maximum atomic E-state index is 4.68. The normalized spacial score (nSPS) is 12.3. The molecule has 4 heterocycles. The van der Waals surface area contributed by atoms with Crippen LogP contribution in [0.1, 0.15) is 0 Å². The summed E-state index contributed by atoms with van der Waals surface area (Å²) in [4.78, 5) is 4.68. The van der Waals surface area contributed by atoms with Gasteiger partial charge in [-0.05, 0) is 28.0 Å². The van der Waals surface area contributed by atoms with Crippen LogP contribution in [0.2, 0.25) is 0 Å². The van der Waals surface area contributed by atoms with Gasteiger partial charge in [-0.25, -0.2) is 0 Å². The molecule has 0 fully saturated rings. The van der Waals surface area contributed by atoms with E-state index in [1.807, 2.05) is 12.4 Å². The van der Waals surface area contributed by atoms with E-state index in [4.69, 9.17) is 0 Å². The molecule has 10 rings (SSSR count). The van der Waals surface area contributed by atoms with Gasteiger partial charge in [-0.3, -0.25) is 4.98 Å². The monoisotopic (exact) mass is 533 g/mol. The standard InChI is InChI=1S/C39H23N3/c1-3-11-24(12-4-1)26-17-9-19-30-34-28-15-7-8-16-29(28)35-31-20-10-18-27(25-13-5-2-6-14-25)37(31)42-33-23-40-22-21-32(33)41(36(26)30)38(34)39(35)42/h1-23H. The van der Waals surface area contributed by atoms with Gasteiger partial charge in [0.2, 0.25) is 0 Å². The highest BCUT2D eigenvalue weighted by molar-refractivity contribution is 6.38. The minimum atomic E-state index is 1.10. The first-order valence-electron chi connectivity index (χ1n) is 14.4. The molecule has 0 amide bonds. The lowest BCUT2D eigenvalue weighted by molar-refractivity contribution is 1.22. The molecule has 0 radical (unpaired) electrons. The van der Waals surface area contributed by atoms with Crippen molar-refractivity contribution in [1.29, 1.82) is 0 Å². The molecular formula is C39H23N3. The number of hydrogen-bond acceptors (Lipinski definition) is 1. The van der Waals surface area contributed by atoms with Gasteiger partial charge in [0.05, 0.1) is 39.3 Å². The van der Waals surface area contributed by atoms with Crippen LogP contribution in [-0.4, -0.2) is 13.8 Å². The Balaban J connectivity index is 1.60. The lowest BCUT2D eigenvalue weighted by Gasteiger charge is -2.14. The maximum absolute atomic E-state index is 4.68. The second kappa shape index (κ2) is 7.96. The summed E-state index contributed by atoms with van der Waals surface area (Å²) in [6.07, 6.45) is 3.96. The highest BCUT2D eigenvalue weighted by Gasteiger charge is 2.26. The third kappa shape index (κ3) is 2.63. The predicted molar refractivity (Wildman–Crippen MR) is 176 cm³/mol. The Morgan fingerprint density at radius 2 is 0.857 bits per heavy atom. The minimum Gasteiger partial charge on any atom is -0.304 e. The van der Waals surface area contributed by atoms with Crippen LogP contribution in [0.3, 0.4) is 0 Å². The van der Waals surface area contributed by atoms with Gasteiger partial charge in [0, 0.05) is 38.9 Å². The van der Waals surface area contributed by atoms with Crippen LogP contribution >= 0.6 is 0 Å². The van der Waals surface area contributed by atoms with Gasteiger partial charge >= 0.3 is 0 Å². The summed E-state index contributed by atoms with van der Waals surface area (Å²) in [5.41, 5.74) is 12.1. The van der Waals surface area contributed by atoms with E-state index in [0.29, 0.717) is 0 Å². The molecule has 3 nitrogen and oxygen atoms in total. The van der Waals surface area contributed by atoms with Crippen molar-refractivity contribution in [3.63, 3.8) is 0 Å². The molecule has 0 saturated carbocycles. The summed E-state index contributed by atoms with van der Waals surface area (Å²) in [7, 11) is 0. The summed E-state index contributed by atoms with van der Waals surface area (Å²) >= 11 is 0. The average molecular weight is 534 g/mol. The number of nitrogens with zero attached hydrogens (tertiary/aromatic N) is 3. The topological polar surface area (TPSA) is 21.7 Å².